The number of aromatic hydroxyl groups is 1. The number of halogens is 1. The van der Waals surface area contributed by atoms with Crippen LogP contribution in [0.1, 0.15) is 31.0 Å². The van der Waals surface area contributed by atoms with Crippen LogP contribution in [0, 0.1) is 11.7 Å². The summed E-state index contributed by atoms with van der Waals surface area (Å²) in [6.07, 6.45) is 1.60. The molecule has 2 N–H and O–H groups in total. The van der Waals surface area contributed by atoms with Gasteiger partial charge < -0.3 is 10.4 Å². The fourth-order valence-electron chi connectivity index (χ4n) is 2.68. The van der Waals surface area contributed by atoms with Crippen molar-refractivity contribution in [3.63, 3.8) is 0 Å². The van der Waals surface area contributed by atoms with Crippen LogP contribution in [-0.2, 0) is 4.79 Å². The van der Waals surface area contributed by atoms with Crippen LogP contribution in [0.4, 0.5) is 4.39 Å². The number of amides is 1. The number of carbonyl (C=O) groups excluding carboxylic acids is 1. The summed E-state index contributed by atoms with van der Waals surface area (Å²) in [4.78, 5) is 16.5. The molecule has 0 saturated carbocycles. The Morgan fingerprint density at radius 2 is 1.84 bits per heavy atom. The van der Waals surface area contributed by atoms with Crippen molar-refractivity contribution in [3.05, 3.63) is 71.7 Å². The highest BCUT2D eigenvalue weighted by molar-refractivity contribution is 5.86. The molecule has 3 rings (SSSR count). The van der Waals surface area contributed by atoms with Crippen molar-refractivity contribution in [2.45, 2.75) is 19.9 Å². The van der Waals surface area contributed by atoms with Gasteiger partial charge in [0.1, 0.15) is 17.1 Å². The predicted molar refractivity (Wildman–Crippen MR) is 94.6 cm³/mol. The number of phenolic OH excluding ortho intramolecular Hbond substituents is 1. The number of carbonyl (C=O) groups is 1. The predicted octanol–water partition coefficient (Wildman–Crippen LogP) is 3.94. The number of pyridine rings is 1. The molecular weight excluding hydrogens is 319 g/mol. The first-order valence-corrected chi connectivity index (χ1v) is 8.10. The summed E-state index contributed by atoms with van der Waals surface area (Å²) >= 11 is 0. The molecular formula is C20H19FN2O2. The first kappa shape index (κ1) is 16.9. The lowest BCUT2D eigenvalue weighted by Crippen LogP contribution is -2.32. The number of aromatic nitrogens is 1. The Morgan fingerprint density at radius 3 is 2.52 bits per heavy atom. The van der Waals surface area contributed by atoms with Gasteiger partial charge in [-0.25, -0.2) is 4.39 Å². The van der Waals surface area contributed by atoms with Crippen LogP contribution >= 0.6 is 0 Å². The summed E-state index contributed by atoms with van der Waals surface area (Å²) < 4.78 is 13.3. The SMILES string of the molecule is CC(C)C(=O)NC(c1ccc(F)cc1)c1ccc2cccnc2c1O. The van der Waals surface area contributed by atoms with Gasteiger partial charge >= 0.3 is 0 Å². The third kappa shape index (κ3) is 3.45. The summed E-state index contributed by atoms with van der Waals surface area (Å²) in [7, 11) is 0. The number of rotatable bonds is 4. The molecule has 25 heavy (non-hydrogen) atoms. The first-order chi connectivity index (χ1) is 12.0. The Bertz CT molecular complexity index is 907. The van der Waals surface area contributed by atoms with Gasteiger partial charge in [-0.15, -0.1) is 0 Å². The molecule has 0 bridgehead atoms. The van der Waals surface area contributed by atoms with Gasteiger partial charge in [0.25, 0.3) is 0 Å². The molecule has 0 aliphatic heterocycles. The number of benzene rings is 2. The molecule has 1 atom stereocenters. The zero-order chi connectivity index (χ0) is 18.0. The lowest BCUT2D eigenvalue weighted by atomic mass is 9.95. The monoisotopic (exact) mass is 338 g/mol. The van der Waals surface area contributed by atoms with Crippen LogP contribution in [0.2, 0.25) is 0 Å². The van der Waals surface area contributed by atoms with Crippen molar-refractivity contribution < 1.29 is 14.3 Å². The quantitative estimate of drug-likeness (QED) is 0.757. The van der Waals surface area contributed by atoms with Crippen molar-refractivity contribution in [2.24, 2.45) is 5.92 Å². The molecule has 3 aromatic rings. The zero-order valence-electron chi connectivity index (χ0n) is 14.0. The Kier molecular flexibility index (Phi) is 4.65. The molecule has 128 valence electrons. The molecule has 0 aliphatic rings. The molecule has 1 heterocycles. The standard InChI is InChI=1S/C20H19FN2O2/c1-12(2)20(25)23-17(14-5-8-15(21)9-6-14)16-10-7-13-4-3-11-22-18(13)19(16)24/h3-12,17,24H,1-2H3,(H,23,25). The normalized spacial score (nSPS) is 12.3. The highest BCUT2D eigenvalue weighted by Crippen LogP contribution is 2.34. The van der Waals surface area contributed by atoms with Gasteiger partial charge in [0.15, 0.2) is 0 Å². The molecule has 0 fully saturated rings. The van der Waals surface area contributed by atoms with Gasteiger partial charge in [0, 0.05) is 23.1 Å². The van der Waals surface area contributed by atoms with Crippen LogP contribution in [0.25, 0.3) is 10.9 Å². The topological polar surface area (TPSA) is 62.2 Å². The van der Waals surface area contributed by atoms with Crippen molar-refractivity contribution >= 4 is 16.8 Å². The van der Waals surface area contributed by atoms with Crippen molar-refractivity contribution in [3.8, 4) is 5.75 Å². The number of hydrogen-bond acceptors (Lipinski definition) is 3. The average molecular weight is 338 g/mol. The Labute approximate surface area is 145 Å². The van der Waals surface area contributed by atoms with Gasteiger partial charge in [-0.05, 0) is 23.8 Å². The third-order valence-corrected chi connectivity index (χ3v) is 4.10. The lowest BCUT2D eigenvalue weighted by molar-refractivity contribution is -0.124. The highest BCUT2D eigenvalue weighted by Gasteiger charge is 2.22. The molecule has 0 spiro atoms. The Balaban J connectivity index is 2.12. The molecule has 0 saturated heterocycles. The van der Waals surface area contributed by atoms with Gasteiger partial charge in [0.2, 0.25) is 5.91 Å². The average Bonchev–Trinajstić information content (AvgIpc) is 2.61. The van der Waals surface area contributed by atoms with Gasteiger partial charge in [-0.3, -0.25) is 9.78 Å². The van der Waals surface area contributed by atoms with E-state index in [1.165, 1.54) is 12.1 Å². The maximum Gasteiger partial charge on any atom is 0.223 e. The summed E-state index contributed by atoms with van der Waals surface area (Å²) in [6, 6.07) is 12.5. The molecule has 5 heteroatoms. The lowest BCUT2D eigenvalue weighted by Gasteiger charge is -2.22. The van der Waals surface area contributed by atoms with Gasteiger partial charge in [0.05, 0.1) is 6.04 Å². The van der Waals surface area contributed by atoms with Crippen LogP contribution in [0.5, 0.6) is 5.75 Å². The smallest absolute Gasteiger partial charge is 0.223 e. The first-order valence-electron chi connectivity index (χ1n) is 8.10. The molecule has 0 aliphatic carbocycles. The molecule has 0 radical (unpaired) electrons. The van der Waals surface area contributed by atoms with E-state index in [0.29, 0.717) is 16.6 Å². The summed E-state index contributed by atoms with van der Waals surface area (Å²) in [5, 5.41) is 14.4. The van der Waals surface area contributed by atoms with E-state index in [9.17, 15) is 14.3 Å². The second kappa shape index (κ2) is 6.89. The van der Waals surface area contributed by atoms with Crippen LogP contribution in [-0.4, -0.2) is 16.0 Å². The summed E-state index contributed by atoms with van der Waals surface area (Å²) in [6.45, 7) is 3.58. The third-order valence-electron chi connectivity index (χ3n) is 4.10. The minimum Gasteiger partial charge on any atom is -0.505 e. The number of nitrogens with zero attached hydrogens (tertiary/aromatic N) is 1. The molecule has 2 aromatic carbocycles. The van der Waals surface area contributed by atoms with E-state index in [1.807, 2.05) is 12.1 Å². The van der Waals surface area contributed by atoms with Gasteiger partial charge in [-0.1, -0.05) is 44.2 Å². The molecule has 4 nitrogen and oxygen atoms in total. The van der Waals surface area contributed by atoms with Crippen molar-refractivity contribution in [2.75, 3.05) is 0 Å². The molecule has 1 unspecified atom stereocenters. The Hall–Kier alpha value is -2.95. The zero-order valence-corrected chi connectivity index (χ0v) is 14.0. The number of hydrogen-bond donors (Lipinski definition) is 2. The van der Waals surface area contributed by atoms with E-state index in [1.54, 1.807) is 44.3 Å². The van der Waals surface area contributed by atoms with Crippen LogP contribution in [0.15, 0.2) is 54.7 Å². The number of nitrogens with one attached hydrogen (secondary N) is 1. The Morgan fingerprint density at radius 1 is 1.12 bits per heavy atom. The number of phenols is 1. The largest absolute Gasteiger partial charge is 0.505 e. The summed E-state index contributed by atoms with van der Waals surface area (Å²) in [5.41, 5.74) is 1.67. The highest BCUT2D eigenvalue weighted by atomic mass is 19.1. The molecule has 1 aromatic heterocycles. The van der Waals surface area contributed by atoms with E-state index >= 15 is 0 Å². The fourth-order valence-corrected chi connectivity index (χ4v) is 2.68. The number of fused-ring (bicyclic) bond motifs is 1. The van der Waals surface area contributed by atoms with Crippen LogP contribution in [0.3, 0.4) is 0 Å². The van der Waals surface area contributed by atoms with E-state index in [-0.39, 0.29) is 23.4 Å². The van der Waals surface area contributed by atoms with E-state index in [2.05, 4.69) is 10.3 Å². The van der Waals surface area contributed by atoms with E-state index < -0.39 is 6.04 Å². The minimum absolute atomic E-state index is 0.0106. The van der Waals surface area contributed by atoms with Gasteiger partial charge in [-0.2, -0.15) is 0 Å². The van der Waals surface area contributed by atoms with Crippen LogP contribution < -0.4 is 5.32 Å². The maximum atomic E-state index is 13.3. The second-order valence-electron chi connectivity index (χ2n) is 6.23. The minimum atomic E-state index is -0.595. The maximum absolute atomic E-state index is 13.3. The van der Waals surface area contributed by atoms with Crippen molar-refractivity contribution in [1.82, 2.24) is 10.3 Å². The second-order valence-corrected chi connectivity index (χ2v) is 6.23. The van der Waals surface area contributed by atoms with Crippen molar-refractivity contribution in [1.29, 1.82) is 0 Å². The van der Waals surface area contributed by atoms with E-state index in [0.717, 1.165) is 5.39 Å². The summed E-state index contributed by atoms with van der Waals surface area (Å²) in [5.74, 6) is -0.725. The fraction of sp³-hybridized carbons (Fsp3) is 0.200. The molecule has 1 amide bonds. The van der Waals surface area contributed by atoms with E-state index in [4.69, 9.17) is 0 Å².